The van der Waals surface area contributed by atoms with E-state index < -0.39 is 11.6 Å². The molecule has 3 N–H and O–H groups in total. The Morgan fingerprint density at radius 1 is 1.35 bits per heavy atom. The maximum atomic E-state index is 10.3. The number of hydrogen-bond acceptors (Lipinski definition) is 4. The molecule has 0 aliphatic heterocycles. The average molecular weight is 247 g/mol. The van der Waals surface area contributed by atoms with Crippen molar-refractivity contribution in [2.45, 2.75) is 44.6 Å². The molecule has 0 heterocycles. The maximum Gasteiger partial charge on any atom is 0.303 e. The maximum absolute atomic E-state index is 10.3. The van der Waals surface area contributed by atoms with Crippen molar-refractivity contribution in [1.82, 2.24) is 5.32 Å². The quantitative estimate of drug-likeness (QED) is 0.475. The number of methoxy groups -OCH3 is 1. The summed E-state index contributed by atoms with van der Waals surface area (Å²) < 4.78 is 4.92. The van der Waals surface area contributed by atoms with Crippen molar-refractivity contribution in [1.29, 1.82) is 0 Å². The second-order valence-electron chi connectivity index (χ2n) is 4.62. The highest BCUT2D eigenvalue weighted by Gasteiger charge is 2.18. The molecular weight excluding hydrogens is 222 g/mol. The van der Waals surface area contributed by atoms with Gasteiger partial charge in [0, 0.05) is 33.1 Å². The monoisotopic (exact) mass is 247 g/mol. The summed E-state index contributed by atoms with van der Waals surface area (Å²) in [5, 5.41) is 21.5. The van der Waals surface area contributed by atoms with E-state index in [1.54, 1.807) is 14.0 Å². The van der Waals surface area contributed by atoms with E-state index in [1.165, 1.54) is 0 Å². The van der Waals surface area contributed by atoms with Crippen LogP contribution in [0.15, 0.2) is 0 Å². The highest BCUT2D eigenvalue weighted by atomic mass is 16.5. The van der Waals surface area contributed by atoms with Crippen molar-refractivity contribution in [2.24, 2.45) is 0 Å². The molecule has 0 fully saturated rings. The Bertz CT molecular complexity index is 207. The molecule has 17 heavy (non-hydrogen) atoms. The molecule has 0 spiro atoms. The lowest BCUT2D eigenvalue weighted by atomic mass is 10.0. The summed E-state index contributed by atoms with van der Waals surface area (Å²) in [5.41, 5.74) is -0.739. The zero-order valence-electron chi connectivity index (χ0n) is 10.9. The van der Waals surface area contributed by atoms with E-state index in [0.29, 0.717) is 19.6 Å². The van der Waals surface area contributed by atoms with Gasteiger partial charge in [0.15, 0.2) is 0 Å². The minimum Gasteiger partial charge on any atom is -0.481 e. The third kappa shape index (κ3) is 11.6. The van der Waals surface area contributed by atoms with Crippen LogP contribution in [0.5, 0.6) is 0 Å². The third-order valence-electron chi connectivity index (χ3n) is 2.59. The van der Waals surface area contributed by atoms with Gasteiger partial charge in [-0.15, -0.1) is 0 Å². The van der Waals surface area contributed by atoms with Crippen molar-refractivity contribution in [3.8, 4) is 0 Å². The second kappa shape index (κ2) is 9.39. The smallest absolute Gasteiger partial charge is 0.303 e. The molecule has 0 amide bonds. The van der Waals surface area contributed by atoms with Crippen molar-refractivity contribution in [3.63, 3.8) is 0 Å². The molecule has 1 atom stereocenters. The van der Waals surface area contributed by atoms with E-state index in [-0.39, 0.29) is 6.42 Å². The Balaban J connectivity index is 3.34. The molecule has 0 radical (unpaired) electrons. The molecule has 0 bridgehead atoms. The van der Waals surface area contributed by atoms with Gasteiger partial charge in [0.25, 0.3) is 0 Å². The van der Waals surface area contributed by atoms with Crippen LogP contribution in [0.4, 0.5) is 0 Å². The number of carboxylic acid groups (broad SMARTS) is 1. The van der Waals surface area contributed by atoms with Crippen molar-refractivity contribution in [2.75, 3.05) is 26.8 Å². The number of carboxylic acids is 1. The van der Waals surface area contributed by atoms with Gasteiger partial charge in [-0.1, -0.05) is 6.42 Å². The first kappa shape index (κ1) is 16.4. The molecule has 5 nitrogen and oxygen atoms in total. The van der Waals surface area contributed by atoms with Crippen LogP contribution in [0.3, 0.4) is 0 Å². The Labute approximate surface area is 103 Å². The SMILES string of the molecule is COCCC(C)(O)CNCCCCCC(=O)O. The summed E-state index contributed by atoms with van der Waals surface area (Å²) in [5.74, 6) is -0.736. The third-order valence-corrected chi connectivity index (χ3v) is 2.59. The normalized spacial score (nSPS) is 14.5. The van der Waals surface area contributed by atoms with Gasteiger partial charge in [-0.05, 0) is 26.3 Å². The standard InChI is InChI=1S/C12H25NO4/c1-12(16,7-9-17-2)10-13-8-5-3-4-6-11(14)15/h13,16H,3-10H2,1-2H3,(H,14,15). The fraction of sp³-hybridized carbons (Fsp3) is 0.917. The van der Waals surface area contributed by atoms with Crippen molar-refractivity contribution < 1.29 is 19.7 Å². The van der Waals surface area contributed by atoms with E-state index in [2.05, 4.69) is 5.32 Å². The largest absolute Gasteiger partial charge is 0.481 e. The van der Waals surface area contributed by atoms with E-state index >= 15 is 0 Å². The van der Waals surface area contributed by atoms with Gasteiger partial charge < -0.3 is 20.3 Å². The highest BCUT2D eigenvalue weighted by Crippen LogP contribution is 2.07. The van der Waals surface area contributed by atoms with Gasteiger partial charge in [-0.3, -0.25) is 4.79 Å². The van der Waals surface area contributed by atoms with Crippen LogP contribution >= 0.6 is 0 Å². The van der Waals surface area contributed by atoms with Crippen LogP contribution in [0.2, 0.25) is 0 Å². The molecule has 0 saturated carbocycles. The minimum atomic E-state index is -0.739. The molecular formula is C12H25NO4. The molecule has 0 aromatic carbocycles. The van der Waals surface area contributed by atoms with Gasteiger partial charge >= 0.3 is 5.97 Å². The summed E-state index contributed by atoms with van der Waals surface area (Å²) >= 11 is 0. The fourth-order valence-electron chi connectivity index (χ4n) is 1.47. The molecule has 5 heteroatoms. The summed E-state index contributed by atoms with van der Waals surface area (Å²) in [7, 11) is 1.62. The van der Waals surface area contributed by atoms with Crippen LogP contribution in [0.1, 0.15) is 39.0 Å². The number of hydrogen-bond donors (Lipinski definition) is 3. The Hall–Kier alpha value is -0.650. The number of nitrogens with one attached hydrogen (secondary N) is 1. The van der Waals surface area contributed by atoms with Crippen LogP contribution in [-0.4, -0.2) is 48.6 Å². The molecule has 0 rings (SSSR count). The van der Waals surface area contributed by atoms with Crippen LogP contribution < -0.4 is 5.32 Å². The fourth-order valence-corrected chi connectivity index (χ4v) is 1.47. The van der Waals surface area contributed by atoms with Crippen molar-refractivity contribution in [3.05, 3.63) is 0 Å². The predicted molar refractivity (Wildman–Crippen MR) is 66.1 cm³/mol. The van der Waals surface area contributed by atoms with E-state index in [0.717, 1.165) is 25.8 Å². The van der Waals surface area contributed by atoms with Gasteiger partial charge in [0.1, 0.15) is 0 Å². The lowest BCUT2D eigenvalue weighted by Gasteiger charge is -2.23. The second-order valence-corrected chi connectivity index (χ2v) is 4.62. The summed E-state index contributed by atoms with van der Waals surface area (Å²) in [4.78, 5) is 10.3. The Morgan fingerprint density at radius 2 is 2.06 bits per heavy atom. The van der Waals surface area contributed by atoms with E-state index in [9.17, 15) is 9.90 Å². The number of aliphatic carboxylic acids is 1. The predicted octanol–water partition coefficient (Wildman–Crippen LogP) is 1.01. The molecule has 0 saturated heterocycles. The number of rotatable bonds is 11. The number of unbranched alkanes of at least 4 members (excludes halogenated alkanes) is 2. The topological polar surface area (TPSA) is 78.8 Å². The first-order valence-corrected chi connectivity index (χ1v) is 6.12. The van der Waals surface area contributed by atoms with Crippen LogP contribution in [0.25, 0.3) is 0 Å². The lowest BCUT2D eigenvalue weighted by Crippen LogP contribution is -2.39. The molecule has 0 aliphatic rings. The average Bonchev–Trinajstić information content (AvgIpc) is 2.24. The first-order valence-electron chi connectivity index (χ1n) is 6.12. The minimum absolute atomic E-state index is 0.242. The molecule has 0 aromatic rings. The van der Waals surface area contributed by atoms with Crippen molar-refractivity contribution >= 4 is 5.97 Å². The summed E-state index contributed by atoms with van der Waals surface area (Å²) in [6.07, 6.45) is 3.41. The number of carbonyl (C=O) groups is 1. The van der Waals surface area contributed by atoms with Crippen LogP contribution in [-0.2, 0) is 9.53 Å². The molecule has 102 valence electrons. The zero-order chi connectivity index (χ0) is 13.1. The Kier molecular flexibility index (Phi) is 9.03. The number of ether oxygens (including phenoxy) is 1. The highest BCUT2D eigenvalue weighted by molar-refractivity contribution is 5.66. The number of aliphatic hydroxyl groups is 1. The van der Waals surface area contributed by atoms with E-state index in [1.807, 2.05) is 0 Å². The van der Waals surface area contributed by atoms with Gasteiger partial charge in [0.05, 0.1) is 5.60 Å². The van der Waals surface area contributed by atoms with Gasteiger partial charge in [0.2, 0.25) is 0 Å². The zero-order valence-corrected chi connectivity index (χ0v) is 10.9. The molecule has 1 unspecified atom stereocenters. The van der Waals surface area contributed by atoms with Crippen LogP contribution in [0, 0.1) is 0 Å². The Morgan fingerprint density at radius 3 is 2.65 bits per heavy atom. The molecule has 0 aromatic heterocycles. The van der Waals surface area contributed by atoms with Gasteiger partial charge in [-0.2, -0.15) is 0 Å². The summed E-state index contributed by atoms with van der Waals surface area (Å²) in [6, 6.07) is 0. The summed E-state index contributed by atoms with van der Waals surface area (Å²) in [6.45, 7) is 3.68. The first-order chi connectivity index (χ1) is 7.98. The van der Waals surface area contributed by atoms with E-state index in [4.69, 9.17) is 9.84 Å². The van der Waals surface area contributed by atoms with Gasteiger partial charge in [-0.25, -0.2) is 0 Å². The lowest BCUT2D eigenvalue weighted by molar-refractivity contribution is -0.137. The molecule has 0 aliphatic carbocycles.